The highest BCUT2D eigenvalue weighted by atomic mass is 32.1. The predicted octanol–water partition coefficient (Wildman–Crippen LogP) is 2.86. The second kappa shape index (κ2) is 6.12. The molecule has 0 saturated carbocycles. The van der Waals surface area contributed by atoms with Crippen molar-refractivity contribution in [2.24, 2.45) is 11.3 Å². The summed E-state index contributed by atoms with van der Waals surface area (Å²) in [5.74, 6) is 0.849. The fraction of sp³-hybridized carbons (Fsp3) is 0.733. The second-order valence-corrected chi connectivity index (χ2v) is 7.55. The van der Waals surface area contributed by atoms with Gasteiger partial charge in [-0.2, -0.15) is 0 Å². The van der Waals surface area contributed by atoms with Crippen LogP contribution in [0.25, 0.3) is 0 Å². The predicted molar refractivity (Wildman–Crippen MR) is 84.1 cm³/mol. The maximum Gasteiger partial charge on any atom is 0.227 e. The first-order chi connectivity index (χ1) is 9.38. The van der Waals surface area contributed by atoms with Gasteiger partial charge < -0.3 is 9.80 Å². The van der Waals surface area contributed by atoms with E-state index in [0.717, 1.165) is 37.6 Å². The molecule has 1 aliphatic rings. The largest absolute Gasteiger partial charge is 0.348 e. The Hall–Kier alpha value is -1.10. The van der Waals surface area contributed by atoms with E-state index in [1.165, 1.54) is 0 Å². The van der Waals surface area contributed by atoms with Gasteiger partial charge >= 0.3 is 0 Å². The average Bonchev–Trinajstić information content (AvgIpc) is 2.91. The van der Waals surface area contributed by atoms with Gasteiger partial charge in [-0.3, -0.25) is 4.79 Å². The quantitative estimate of drug-likeness (QED) is 0.860. The molecule has 1 fully saturated rings. The smallest absolute Gasteiger partial charge is 0.227 e. The fourth-order valence-electron chi connectivity index (χ4n) is 2.72. The van der Waals surface area contributed by atoms with E-state index in [1.54, 1.807) is 11.3 Å². The lowest BCUT2D eigenvalue weighted by molar-refractivity contribution is -0.138. The maximum atomic E-state index is 12.2. The monoisotopic (exact) mass is 295 g/mol. The Morgan fingerprint density at radius 1 is 1.45 bits per heavy atom. The van der Waals surface area contributed by atoms with Gasteiger partial charge in [0.15, 0.2) is 5.13 Å². The number of carbonyl (C=O) groups excluding carboxylic acids is 1. The van der Waals surface area contributed by atoms with E-state index < -0.39 is 0 Å². The summed E-state index contributed by atoms with van der Waals surface area (Å²) in [6.45, 7) is 8.93. The average molecular weight is 295 g/mol. The van der Waals surface area contributed by atoms with Crippen LogP contribution in [0.4, 0.5) is 5.13 Å². The van der Waals surface area contributed by atoms with Crippen LogP contribution >= 0.6 is 11.3 Å². The van der Waals surface area contributed by atoms with Crippen molar-refractivity contribution < 1.29 is 4.79 Å². The molecule has 0 radical (unpaired) electrons. The SMILES string of the molecule is CN(CC1CCN(c2nccs2)CC1)C(=O)C(C)(C)C. The van der Waals surface area contributed by atoms with Gasteiger partial charge in [0.1, 0.15) is 0 Å². The molecule has 1 saturated heterocycles. The summed E-state index contributed by atoms with van der Waals surface area (Å²) in [5.41, 5.74) is -0.281. The third kappa shape index (κ3) is 3.72. The minimum Gasteiger partial charge on any atom is -0.348 e. The molecule has 1 amide bonds. The van der Waals surface area contributed by atoms with Crippen LogP contribution in [0.5, 0.6) is 0 Å². The summed E-state index contributed by atoms with van der Waals surface area (Å²) in [7, 11) is 1.93. The van der Waals surface area contributed by atoms with Crippen molar-refractivity contribution in [2.45, 2.75) is 33.6 Å². The topological polar surface area (TPSA) is 36.4 Å². The second-order valence-electron chi connectivity index (χ2n) is 6.68. The number of amides is 1. The summed E-state index contributed by atoms with van der Waals surface area (Å²) in [6, 6.07) is 0. The van der Waals surface area contributed by atoms with Crippen LogP contribution < -0.4 is 4.90 Å². The fourth-order valence-corrected chi connectivity index (χ4v) is 3.42. The van der Waals surface area contributed by atoms with E-state index in [1.807, 2.05) is 44.3 Å². The lowest BCUT2D eigenvalue weighted by Gasteiger charge is -2.35. The van der Waals surface area contributed by atoms with Crippen LogP contribution in [0.15, 0.2) is 11.6 Å². The minimum absolute atomic E-state index is 0.236. The highest BCUT2D eigenvalue weighted by Gasteiger charge is 2.28. The molecule has 112 valence electrons. The molecule has 20 heavy (non-hydrogen) atoms. The Balaban J connectivity index is 1.81. The van der Waals surface area contributed by atoms with Crippen molar-refractivity contribution in [2.75, 3.05) is 31.6 Å². The summed E-state index contributed by atoms with van der Waals surface area (Å²) < 4.78 is 0. The van der Waals surface area contributed by atoms with Gasteiger partial charge in [0.05, 0.1) is 0 Å². The van der Waals surface area contributed by atoms with E-state index in [-0.39, 0.29) is 11.3 Å². The number of rotatable bonds is 3. The first-order valence-corrected chi connectivity index (χ1v) is 8.16. The molecule has 5 heteroatoms. The van der Waals surface area contributed by atoms with E-state index in [0.29, 0.717) is 5.92 Å². The third-order valence-electron chi connectivity index (χ3n) is 3.82. The van der Waals surface area contributed by atoms with Gasteiger partial charge in [0.25, 0.3) is 0 Å². The Morgan fingerprint density at radius 2 is 2.10 bits per heavy atom. The molecule has 1 aromatic rings. The van der Waals surface area contributed by atoms with Gasteiger partial charge in [-0.05, 0) is 18.8 Å². The minimum atomic E-state index is -0.281. The van der Waals surface area contributed by atoms with Gasteiger partial charge in [-0.25, -0.2) is 4.98 Å². The van der Waals surface area contributed by atoms with Crippen molar-refractivity contribution >= 4 is 22.4 Å². The van der Waals surface area contributed by atoms with Crippen molar-refractivity contribution in [1.82, 2.24) is 9.88 Å². The highest BCUT2D eigenvalue weighted by Crippen LogP contribution is 2.26. The molecule has 0 aromatic carbocycles. The molecule has 2 rings (SSSR count). The Kier molecular flexibility index (Phi) is 4.68. The number of anilines is 1. The lowest BCUT2D eigenvalue weighted by Crippen LogP contribution is -2.42. The number of hydrogen-bond acceptors (Lipinski definition) is 4. The molecule has 0 unspecified atom stereocenters. The number of hydrogen-bond donors (Lipinski definition) is 0. The molecular weight excluding hydrogens is 270 g/mol. The molecular formula is C15H25N3OS. The Labute approximate surface area is 125 Å². The lowest BCUT2D eigenvalue weighted by atomic mass is 9.92. The summed E-state index contributed by atoms with van der Waals surface area (Å²) >= 11 is 1.70. The Morgan fingerprint density at radius 3 is 2.60 bits per heavy atom. The standard InChI is InChI=1S/C15H25N3OS/c1-15(2,3)13(19)17(4)11-12-5-8-18(9-6-12)14-16-7-10-20-14/h7,10,12H,5-6,8-9,11H2,1-4H3. The highest BCUT2D eigenvalue weighted by molar-refractivity contribution is 7.13. The molecule has 0 aliphatic carbocycles. The zero-order valence-electron chi connectivity index (χ0n) is 12.9. The molecule has 0 bridgehead atoms. The molecule has 4 nitrogen and oxygen atoms in total. The van der Waals surface area contributed by atoms with Gasteiger partial charge in [0.2, 0.25) is 5.91 Å². The van der Waals surface area contributed by atoms with Crippen molar-refractivity contribution in [1.29, 1.82) is 0 Å². The van der Waals surface area contributed by atoms with E-state index in [2.05, 4.69) is 9.88 Å². The van der Waals surface area contributed by atoms with Crippen LogP contribution in [0.1, 0.15) is 33.6 Å². The van der Waals surface area contributed by atoms with Gasteiger partial charge in [0, 0.05) is 43.7 Å². The maximum absolute atomic E-state index is 12.2. The van der Waals surface area contributed by atoms with E-state index in [9.17, 15) is 4.79 Å². The van der Waals surface area contributed by atoms with Gasteiger partial charge in [-0.15, -0.1) is 11.3 Å². The number of piperidine rings is 1. The number of carbonyl (C=O) groups is 1. The van der Waals surface area contributed by atoms with Crippen LogP contribution in [-0.2, 0) is 4.79 Å². The molecule has 1 aliphatic heterocycles. The molecule has 0 atom stereocenters. The zero-order chi connectivity index (χ0) is 14.8. The van der Waals surface area contributed by atoms with Crippen molar-refractivity contribution in [3.63, 3.8) is 0 Å². The summed E-state index contributed by atoms with van der Waals surface area (Å²) in [4.78, 5) is 20.8. The first kappa shape index (κ1) is 15.3. The van der Waals surface area contributed by atoms with Crippen LogP contribution in [0.3, 0.4) is 0 Å². The van der Waals surface area contributed by atoms with E-state index in [4.69, 9.17) is 0 Å². The van der Waals surface area contributed by atoms with Crippen molar-refractivity contribution in [3.05, 3.63) is 11.6 Å². The van der Waals surface area contributed by atoms with Crippen molar-refractivity contribution in [3.8, 4) is 0 Å². The van der Waals surface area contributed by atoms with Crippen LogP contribution in [-0.4, -0.2) is 42.5 Å². The molecule has 0 spiro atoms. The van der Waals surface area contributed by atoms with Crippen LogP contribution in [0, 0.1) is 11.3 Å². The van der Waals surface area contributed by atoms with Gasteiger partial charge in [-0.1, -0.05) is 20.8 Å². The number of nitrogens with zero attached hydrogens (tertiary/aromatic N) is 3. The number of aromatic nitrogens is 1. The third-order valence-corrected chi connectivity index (χ3v) is 4.66. The summed E-state index contributed by atoms with van der Waals surface area (Å²) in [5, 5.41) is 3.15. The summed E-state index contributed by atoms with van der Waals surface area (Å²) in [6.07, 6.45) is 4.14. The zero-order valence-corrected chi connectivity index (χ0v) is 13.7. The molecule has 0 N–H and O–H groups in total. The normalized spacial score (nSPS) is 17.3. The van der Waals surface area contributed by atoms with E-state index >= 15 is 0 Å². The van der Waals surface area contributed by atoms with Crippen LogP contribution in [0.2, 0.25) is 0 Å². The Bertz CT molecular complexity index is 430. The molecule has 1 aromatic heterocycles. The first-order valence-electron chi connectivity index (χ1n) is 7.28. The number of thiazole rings is 1. The molecule has 2 heterocycles.